The fourth-order valence-corrected chi connectivity index (χ4v) is 4.86. The minimum absolute atomic E-state index is 0.0558. The average Bonchev–Trinajstić information content (AvgIpc) is 3.42. The lowest BCUT2D eigenvalue weighted by Crippen LogP contribution is -2.28. The Morgan fingerprint density at radius 3 is 2.30 bits per heavy atom. The first-order valence-corrected chi connectivity index (χ1v) is 12.2. The third-order valence-corrected chi connectivity index (χ3v) is 7.08. The van der Waals surface area contributed by atoms with Crippen LogP contribution in [0, 0.1) is 0 Å². The van der Waals surface area contributed by atoms with Gasteiger partial charge in [-0.1, -0.05) is 45.0 Å². The van der Waals surface area contributed by atoms with Gasteiger partial charge in [0.05, 0.1) is 25.9 Å². The summed E-state index contributed by atoms with van der Waals surface area (Å²) >= 11 is 2.49. The number of aromatic hydroxyl groups is 1. The van der Waals surface area contributed by atoms with E-state index in [1.807, 2.05) is 17.5 Å². The molecule has 0 fully saturated rings. The van der Waals surface area contributed by atoms with Gasteiger partial charge in [0, 0.05) is 18.5 Å². The van der Waals surface area contributed by atoms with Crippen LogP contribution in [0.4, 0.5) is 0 Å². The number of nitrogens with zero attached hydrogens (tertiary/aromatic N) is 1. The monoisotopic (exact) mass is 484 g/mol. The summed E-state index contributed by atoms with van der Waals surface area (Å²) in [5, 5.41) is 19.4. The van der Waals surface area contributed by atoms with Gasteiger partial charge in [0.2, 0.25) is 0 Å². The first-order chi connectivity index (χ1) is 15.6. The third-order valence-electron chi connectivity index (χ3n) is 4.98. The quantitative estimate of drug-likeness (QED) is 0.295. The van der Waals surface area contributed by atoms with E-state index in [4.69, 9.17) is 5.73 Å². The number of amides is 2. The van der Waals surface area contributed by atoms with Crippen LogP contribution in [-0.4, -0.2) is 35.7 Å². The first kappa shape index (κ1) is 24.6. The van der Waals surface area contributed by atoms with Gasteiger partial charge in [0.1, 0.15) is 5.75 Å². The number of hydrazone groups is 1. The molecule has 9 heteroatoms. The summed E-state index contributed by atoms with van der Waals surface area (Å²) in [4.78, 5) is 25.9. The predicted octanol–water partition coefficient (Wildman–Crippen LogP) is 4.32. The molecule has 2 amide bonds. The molecule has 3 rings (SSSR count). The fraction of sp³-hybridized carbons (Fsp3) is 0.292. The van der Waals surface area contributed by atoms with Gasteiger partial charge in [0.25, 0.3) is 11.8 Å². The second-order valence-electron chi connectivity index (χ2n) is 8.50. The summed E-state index contributed by atoms with van der Waals surface area (Å²) < 4.78 is 0. The Bertz CT molecular complexity index is 1170. The lowest BCUT2D eigenvalue weighted by atomic mass is 9.86. The van der Waals surface area contributed by atoms with Crippen LogP contribution in [0.3, 0.4) is 0 Å². The molecule has 3 aromatic rings. The van der Waals surface area contributed by atoms with Crippen molar-refractivity contribution in [3.8, 4) is 16.2 Å². The lowest BCUT2D eigenvalue weighted by molar-refractivity contribution is 0.0952. The van der Waals surface area contributed by atoms with Crippen molar-refractivity contribution in [3.63, 3.8) is 0 Å². The Morgan fingerprint density at radius 1 is 1.06 bits per heavy atom. The highest BCUT2D eigenvalue weighted by Gasteiger charge is 2.18. The molecule has 2 heterocycles. The van der Waals surface area contributed by atoms with E-state index in [0.29, 0.717) is 34.1 Å². The van der Waals surface area contributed by atoms with Gasteiger partial charge in [-0.05, 0) is 35.6 Å². The maximum atomic E-state index is 12.4. The highest BCUT2D eigenvalue weighted by atomic mass is 32.1. The molecule has 0 aliphatic rings. The largest absolute Gasteiger partial charge is 0.506 e. The minimum atomic E-state index is -0.426. The summed E-state index contributed by atoms with van der Waals surface area (Å²) in [6, 6.07) is 11.3. The number of nitrogens with two attached hydrogens (primary N) is 1. The number of hydrogen-bond acceptors (Lipinski definition) is 7. The maximum absolute atomic E-state index is 12.4. The zero-order chi connectivity index (χ0) is 24.2. The summed E-state index contributed by atoms with van der Waals surface area (Å²) in [5.41, 5.74) is 11.1. The van der Waals surface area contributed by atoms with Gasteiger partial charge >= 0.3 is 0 Å². The minimum Gasteiger partial charge on any atom is -0.506 e. The lowest BCUT2D eigenvalue weighted by Gasteiger charge is -2.19. The van der Waals surface area contributed by atoms with Crippen molar-refractivity contribution in [1.82, 2.24) is 10.7 Å². The maximum Gasteiger partial charge on any atom is 0.281 e. The molecule has 2 aromatic heterocycles. The van der Waals surface area contributed by atoms with Gasteiger partial charge in [-0.2, -0.15) is 5.10 Å². The van der Waals surface area contributed by atoms with Gasteiger partial charge in [-0.15, -0.1) is 22.7 Å². The second-order valence-corrected chi connectivity index (χ2v) is 10.5. The molecule has 7 nitrogen and oxygen atoms in total. The Balaban J connectivity index is 1.70. The number of hydrogen-bond donors (Lipinski definition) is 4. The summed E-state index contributed by atoms with van der Waals surface area (Å²) in [5.74, 6) is -0.561. The van der Waals surface area contributed by atoms with Crippen molar-refractivity contribution in [2.45, 2.75) is 33.1 Å². The second kappa shape index (κ2) is 10.3. The van der Waals surface area contributed by atoms with Crippen molar-refractivity contribution in [2.24, 2.45) is 10.8 Å². The van der Waals surface area contributed by atoms with Gasteiger partial charge < -0.3 is 16.2 Å². The summed E-state index contributed by atoms with van der Waals surface area (Å²) in [6.07, 6.45) is 0. The molecule has 1 aromatic carbocycles. The molecule has 174 valence electrons. The van der Waals surface area contributed by atoms with Crippen LogP contribution in [0.2, 0.25) is 0 Å². The Kier molecular flexibility index (Phi) is 7.68. The van der Waals surface area contributed by atoms with E-state index in [1.54, 1.807) is 19.1 Å². The molecule has 0 saturated heterocycles. The van der Waals surface area contributed by atoms with Crippen LogP contribution < -0.4 is 16.5 Å². The van der Waals surface area contributed by atoms with E-state index in [9.17, 15) is 14.7 Å². The molecular formula is C24H28N4O3S2. The van der Waals surface area contributed by atoms with Crippen LogP contribution in [0.25, 0.3) is 10.4 Å². The Hall–Kier alpha value is -3.01. The molecule has 0 bridgehead atoms. The number of benzene rings is 1. The van der Waals surface area contributed by atoms with Gasteiger partial charge in [-0.3, -0.25) is 9.59 Å². The van der Waals surface area contributed by atoms with Crippen molar-refractivity contribution in [2.75, 3.05) is 13.1 Å². The topological polar surface area (TPSA) is 117 Å². The number of thiophene rings is 2. The number of carbonyl (C=O) groups excluding carboxylic acids is 2. The molecule has 0 radical (unpaired) electrons. The van der Waals surface area contributed by atoms with Crippen LogP contribution in [0.1, 0.15) is 58.2 Å². The zero-order valence-corrected chi connectivity index (χ0v) is 20.7. The van der Waals surface area contributed by atoms with Gasteiger partial charge in [0.15, 0.2) is 0 Å². The molecule has 0 spiro atoms. The van der Waals surface area contributed by atoms with E-state index < -0.39 is 5.91 Å². The smallest absolute Gasteiger partial charge is 0.281 e. The van der Waals surface area contributed by atoms with Crippen LogP contribution in [0.5, 0.6) is 5.75 Å². The van der Waals surface area contributed by atoms with Crippen LogP contribution in [0.15, 0.2) is 46.9 Å². The molecule has 0 saturated carbocycles. The Labute approximate surface area is 201 Å². The third kappa shape index (κ3) is 5.87. The highest BCUT2D eigenvalue weighted by molar-refractivity contribution is 7.16. The molecule has 0 unspecified atom stereocenters. The fourth-order valence-electron chi connectivity index (χ4n) is 3.04. The van der Waals surface area contributed by atoms with E-state index >= 15 is 0 Å². The van der Waals surface area contributed by atoms with E-state index in [1.165, 1.54) is 16.9 Å². The predicted molar refractivity (Wildman–Crippen MR) is 136 cm³/mol. The van der Waals surface area contributed by atoms with E-state index in [2.05, 4.69) is 48.7 Å². The Morgan fingerprint density at radius 2 is 1.70 bits per heavy atom. The molecule has 0 aliphatic carbocycles. The van der Waals surface area contributed by atoms with Crippen molar-refractivity contribution < 1.29 is 14.7 Å². The molecule has 0 aliphatic heterocycles. The SMILES string of the molecule is C/C(=N\NC(=O)c1ccc(C(=O)NCCN)s1)c1csc(-c2ccc(C(C)(C)C)cc2)c1O. The number of carbonyl (C=O) groups is 2. The van der Waals surface area contributed by atoms with E-state index in [-0.39, 0.29) is 17.1 Å². The molecular weight excluding hydrogens is 456 g/mol. The highest BCUT2D eigenvalue weighted by Crippen LogP contribution is 2.39. The first-order valence-electron chi connectivity index (χ1n) is 10.5. The molecule has 0 atom stereocenters. The molecule has 33 heavy (non-hydrogen) atoms. The average molecular weight is 485 g/mol. The van der Waals surface area contributed by atoms with Crippen molar-refractivity contribution in [3.05, 3.63) is 62.7 Å². The van der Waals surface area contributed by atoms with Crippen molar-refractivity contribution >= 4 is 40.2 Å². The standard InChI is InChI=1S/C24H28N4O3S2/c1-14(27-28-23(31)19-10-9-18(33-19)22(30)26-12-11-25)17-13-32-21(20(17)29)15-5-7-16(8-6-15)24(2,3)4/h5-10,13,29H,11-12,25H2,1-4H3,(H,26,30)(H,28,31)/b27-14+. The van der Waals surface area contributed by atoms with Crippen molar-refractivity contribution in [1.29, 1.82) is 0 Å². The molecule has 5 N–H and O–H groups in total. The number of nitrogens with one attached hydrogen (secondary N) is 2. The normalized spacial score (nSPS) is 12.0. The number of rotatable bonds is 7. The van der Waals surface area contributed by atoms with Crippen LogP contribution >= 0.6 is 22.7 Å². The summed E-state index contributed by atoms with van der Waals surface area (Å²) in [7, 11) is 0. The van der Waals surface area contributed by atoms with Crippen LogP contribution in [-0.2, 0) is 5.41 Å². The zero-order valence-electron chi connectivity index (χ0n) is 19.1. The van der Waals surface area contributed by atoms with E-state index in [0.717, 1.165) is 21.8 Å². The van der Waals surface area contributed by atoms with Gasteiger partial charge in [-0.25, -0.2) is 5.43 Å². The summed E-state index contributed by atoms with van der Waals surface area (Å²) in [6.45, 7) is 8.90.